The van der Waals surface area contributed by atoms with Crippen LogP contribution in [0.2, 0.25) is 0 Å². The third kappa shape index (κ3) is 2.88. The second kappa shape index (κ2) is 6.06. The van der Waals surface area contributed by atoms with Gasteiger partial charge in [0.1, 0.15) is 0 Å². The maximum atomic E-state index is 12.1. The van der Waals surface area contributed by atoms with E-state index in [2.05, 4.69) is 0 Å². The third-order valence-electron chi connectivity index (χ3n) is 3.17. The van der Waals surface area contributed by atoms with Crippen molar-refractivity contribution < 1.29 is 27.3 Å². The molecule has 0 aromatic rings. The molecule has 2 atom stereocenters. The normalized spacial score (nSPS) is 34.2. The van der Waals surface area contributed by atoms with Gasteiger partial charge in [0.05, 0.1) is 0 Å². The van der Waals surface area contributed by atoms with Crippen molar-refractivity contribution in [2.24, 2.45) is 5.73 Å². The van der Waals surface area contributed by atoms with Crippen molar-refractivity contribution in [2.45, 2.75) is 45.6 Å². The first-order valence-corrected chi connectivity index (χ1v) is 8.51. The lowest BCUT2D eigenvalue weighted by molar-refractivity contribution is -0.253. The summed E-state index contributed by atoms with van der Waals surface area (Å²) in [7, 11) is -3.42. The lowest BCUT2D eigenvalue weighted by Gasteiger charge is -2.40. The Morgan fingerprint density at radius 2 is 2.10 bits per heavy atom. The number of nitrogens with two attached hydrogens (primary N) is 1. The first-order chi connectivity index (χ1) is 9.46. The maximum Gasteiger partial charge on any atom is 0.700 e. The Hall–Kier alpha value is -0.553. The van der Waals surface area contributed by atoms with Crippen molar-refractivity contribution in [1.82, 2.24) is 5.06 Å². The standard InChI is InChI=1S/C11H22N2O6Si/c1-4-15-20(16-5-2)18-9(3)17-10(14)11(12)7-6-8-13(11)19-20/h9H,4-8,12H2,1-3H3. The molecule has 9 heteroatoms. The van der Waals surface area contributed by atoms with Crippen LogP contribution in [0.3, 0.4) is 0 Å². The Bertz CT molecular complexity index is 365. The van der Waals surface area contributed by atoms with E-state index in [4.69, 9.17) is 28.3 Å². The number of esters is 1. The summed E-state index contributed by atoms with van der Waals surface area (Å²) in [5, 5.41) is 1.39. The number of carbonyl (C=O) groups is 1. The molecule has 2 saturated heterocycles. The van der Waals surface area contributed by atoms with Crippen LogP contribution in [0.4, 0.5) is 0 Å². The molecule has 0 spiro atoms. The molecule has 0 bridgehead atoms. The van der Waals surface area contributed by atoms with Crippen molar-refractivity contribution in [3.8, 4) is 0 Å². The average molecular weight is 306 g/mol. The van der Waals surface area contributed by atoms with Gasteiger partial charge in [0.25, 0.3) is 0 Å². The minimum atomic E-state index is -3.42. The average Bonchev–Trinajstić information content (AvgIpc) is 2.71. The van der Waals surface area contributed by atoms with Crippen LogP contribution in [0.5, 0.6) is 0 Å². The van der Waals surface area contributed by atoms with Crippen LogP contribution < -0.4 is 5.73 Å². The molecule has 2 heterocycles. The summed E-state index contributed by atoms with van der Waals surface area (Å²) in [5.74, 6) is -0.557. The summed E-state index contributed by atoms with van der Waals surface area (Å²) >= 11 is 0. The topological polar surface area (TPSA) is 92.5 Å². The molecule has 0 aliphatic carbocycles. The van der Waals surface area contributed by atoms with Crippen molar-refractivity contribution in [3.63, 3.8) is 0 Å². The first-order valence-electron chi connectivity index (χ1n) is 6.88. The first kappa shape index (κ1) is 15.8. The Morgan fingerprint density at radius 1 is 1.45 bits per heavy atom. The van der Waals surface area contributed by atoms with Crippen LogP contribution in [0, 0.1) is 0 Å². The summed E-state index contributed by atoms with van der Waals surface area (Å²) in [4.78, 5) is 12.1. The highest BCUT2D eigenvalue weighted by atomic mass is 28.4. The van der Waals surface area contributed by atoms with E-state index in [1.165, 1.54) is 5.06 Å². The van der Waals surface area contributed by atoms with Gasteiger partial charge in [0, 0.05) is 19.8 Å². The van der Waals surface area contributed by atoms with Crippen LogP contribution >= 0.6 is 0 Å². The fourth-order valence-electron chi connectivity index (χ4n) is 2.30. The van der Waals surface area contributed by atoms with Gasteiger partial charge in [-0.15, -0.1) is 0 Å². The molecular weight excluding hydrogens is 284 g/mol. The predicted molar refractivity (Wildman–Crippen MR) is 69.6 cm³/mol. The fraction of sp³-hybridized carbons (Fsp3) is 0.909. The zero-order valence-electron chi connectivity index (χ0n) is 12.1. The van der Waals surface area contributed by atoms with E-state index in [9.17, 15) is 4.79 Å². The van der Waals surface area contributed by atoms with Crippen LogP contribution in [-0.2, 0) is 27.3 Å². The van der Waals surface area contributed by atoms with Crippen LogP contribution in [0.1, 0.15) is 33.6 Å². The van der Waals surface area contributed by atoms with E-state index >= 15 is 0 Å². The maximum absolute atomic E-state index is 12.1. The van der Waals surface area contributed by atoms with Crippen molar-refractivity contribution in [1.29, 1.82) is 0 Å². The van der Waals surface area contributed by atoms with Gasteiger partial charge < -0.3 is 23.7 Å². The van der Waals surface area contributed by atoms with Gasteiger partial charge >= 0.3 is 15.0 Å². The number of nitrogens with zero attached hydrogens (tertiary/aromatic N) is 1. The highest BCUT2D eigenvalue weighted by Gasteiger charge is 2.58. The summed E-state index contributed by atoms with van der Waals surface area (Å²) in [6, 6.07) is 0. The number of carbonyl (C=O) groups excluding carboxylic acids is 1. The number of rotatable bonds is 4. The highest BCUT2D eigenvalue weighted by Crippen LogP contribution is 2.32. The molecule has 2 rings (SSSR count). The molecule has 2 unspecified atom stereocenters. The van der Waals surface area contributed by atoms with Crippen LogP contribution in [0.15, 0.2) is 0 Å². The number of hydrogen-bond acceptors (Lipinski definition) is 8. The summed E-state index contributed by atoms with van der Waals surface area (Å²) in [6.07, 6.45) is 0.347. The molecule has 0 aromatic carbocycles. The van der Waals surface area contributed by atoms with Gasteiger partial charge in [0.2, 0.25) is 0 Å². The monoisotopic (exact) mass is 306 g/mol. The quantitative estimate of drug-likeness (QED) is 0.577. The lowest BCUT2D eigenvalue weighted by Crippen LogP contribution is -2.67. The Kier molecular flexibility index (Phi) is 4.79. The van der Waals surface area contributed by atoms with Crippen molar-refractivity contribution in [3.05, 3.63) is 0 Å². The molecule has 2 aliphatic heterocycles. The minimum Gasteiger partial charge on any atom is -0.434 e. The summed E-state index contributed by atoms with van der Waals surface area (Å²) in [6.45, 7) is 6.44. The summed E-state index contributed by atoms with van der Waals surface area (Å²) in [5.41, 5.74) is 4.83. The van der Waals surface area contributed by atoms with Gasteiger partial charge in [-0.05, 0) is 33.6 Å². The lowest BCUT2D eigenvalue weighted by atomic mass is 10.1. The zero-order valence-corrected chi connectivity index (χ0v) is 13.1. The Labute approximate surface area is 119 Å². The molecule has 20 heavy (non-hydrogen) atoms. The Balaban J connectivity index is 2.29. The van der Waals surface area contributed by atoms with Gasteiger partial charge in [-0.2, -0.15) is 5.06 Å². The fourth-order valence-corrected chi connectivity index (χ4v) is 4.35. The molecule has 2 fully saturated rings. The second-order valence-electron chi connectivity index (χ2n) is 4.68. The van der Waals surface area contributed by atoms with E-state index in [1.807, 2.05) is 13.8 Å². The minimum absolute atomic E-state index is 0.359. The molecule has 2 N–H and O–H groups in total. The third-order valence-corrected chi connectivity index (χ3v) is 5.51. The largest absolute Gasteiger partial charge is 0.700 e. The number of hydrogen-bond donors (Lipinski definition) is 1. The van der Waals surface area contributed by atoms with E-state index in [1.54, 1.807) is 6.92 Å². The van der Waals surface area contributed by atoms with Crippen molar-refractivity contribution in [2.75, 3.05) is 19.8 Å². The molecule has 0 aromatic heterocycles. The molecular formula is C11H22N2O6Si. The van der Waals surface area contributed by atoms with E-state index in [0.29, 0.717) is 26.2 Å². The molecule has 0 saturated carbocycles. The Morgan fingerprint density at radius 3 is 2.70 bits per heavy atom. The molecule has 0 radical (unpaired) electrons. The van der Waals surface area contributed by atoms with Crippen LogP contribution in [0.25, 0.3) is 0 Å². The SMILES string of the molecule is CCO[Si]1(OCC)OC(C)OC(=O)C2(N)CCCN2O1. The molecule has 8 nitrogen and oxygen atoms in total. The van der Waals surface area contributed by atoms with Crippen molar-refractivity contribution >= 4 is 15.0 Å². The van der Waals surface area contributed by atoms with Gasteiger partial charge in [-0.3, -0.25) is 4.53 Å². The molecule has 2 aliphatic rings. The van der Waals surface area contributed by atoms with Gasteiger partial charge in [-0.1, -0.05) is 0 Å². The van der Waals surface area contributed by atoms with Gasteiger partial charge in [0.15, 0.2) is 12.0 Å². The predicted octanol–water partition coefficient (Wildman–Crippen LogP) is 0.0968. The number of fused-ring (bicyclic) bond motifs is 1. The highest BCUT2D eigenvalue weighted by molar-refractivity contribution is 6.53. The number of hydroxylamine groups is 2. The van der Waals surface area contributed by atoms with E-state index in [-0.39, 0.29) is 0 Å². The van der Waals surface area contributed by atoms with Gasteiger partial charge in [-0.25, -0.2) is 4.79 Å². The zero-order chi connectivity index (χ0) is 14.8. The second-order valence-corrected chi connectivity index (χ2v) is 6.67. The van der Waals surface area contributed by atoms with E-state index < -0.39 is 27.0 Å². The molecule has 116 valence electrons. The number of ether oxygens (including phenoxy) is 1. The number of cyclic esters (lactones) is 1. The van der Waals surface area contributed by atoms with Crippen LogP contribution in [-0.4, -0.2) is 51.8 Å². The smallest absolute Gasteiger partial charge is 0.434 e. The summed E-state index contributed by atoms with van der Waals surface area (Å²) < 4.78 is 27.8. The molecule has 0 amide bonds. The van der Waals surface area contributed by atoms with E-state index in [0.717, 1.165) is 6.42 Å².